The van der Waals surface area contributed by atoms with Gasteiger partial charge >= 0.3 is 5.97 Å². The van der Waals surface area contributed by atoms with Crippen molar-refractivity contribution in [1.82, 2.24) is 4.31 Å². The number of hydrogen-bond acceptors (Lipinski definition) is 4. The third-order valence-corrected chi connectivity index (χ3v) is 2.25. The topological polar surface area (TPSA) is 40.5 Å². The van der Waals surface area contributed by atoms with Gasteiger partial charge in [0.15, 0.2) is 0 Å². The second-order valence-corrected chi connectivity index (χ2v) is 3.83. The number of carboxylic acid groups (broad SMARTS) is 1. The van der Waals surface area contributed by atoms with E-state index < -0.39 is 12.0 Å². The van der Waals surface area contributed by atoms with Crippen LogP contribution >= 0.6 is 24.6 Å². The predicted molar refractivity (Wildman–Crippen MR) is 51.2 cm³/mol. The molecule has 0 unspecified atom stereocenters. The Morgan fingerprint density at radius 2 is 2.36 bits per heavy atom. The fourth-order valence-corrected chi connectivity index (χ4v) is 1.37. The third-order valence-electron chi connectivity index (χ3n) is 1.33. The minimum Gasteiger partial charge on any atom is -0.480 e. The first-order chi connectivity index (χ1) is 5.09. The fraction of sp³-hybridized carbons (Fsp3) is 0.833. The molecule has 0 aromatic rings. The van der Waals surface area contributed by atoms with Crippen molar-refractivity contribution in [2.45, 2.75) is 12.5 Å². The van der Waals surface area contributed by atoms with Crippen LogP contribution in [0.25, 0.3) is 0 Å². The Bertz CT molecular complexity index is 130. The molecule has 0 aliphatic rings. The minimum atomic E-state index is -0.809. The zero-order valence-electron chi connectivity index (χ0n) is 6.65. The summed E-state index contributed by atoms with van der Waals surface area (Å²) >= 11 is 5.59. The van der Waals surface area contributed by atoms with Crippen LogP contribution in [-0.4, -0.2) is 40.5 Å². The number of carbonyl (C=O) groups is 1. The fourth-order valence-electron chi connectivity index (χ4n) is 0.700. The highest BCUT2D eigenvalue weighted by atomic mass is 32.2. The molecule has 0 aliphatic carbocycles. The van der Waals surface area contributed by atoms with Crippen molar-refractivity contribution in [2.24, 2.45) is 0 Å². The number of thiol groups is 1. The van der Waals surface area contributed by atoms with Crippen molar-refractivity contribution < 1.29 is 9.90 Å². The van der Waals surface area contributed by atoms with Gasteiger partial charge in [0, 0.05) is 0 Å². The standard InChI is InChI=1S/C6H13NO2S2/c1-7(10)5(6(8)9)3-4-11-2/h5,10H,3-4H2,1-2H3,(H,8,9)/t5-/m0/s1. The van der Waals surface area contributed by atoms with E-state index in [2.05, 4.69) is 12.8 Å². The van der Waals surface area contributed by atoms with Gasteiger partial charge in [-0.05, 0) is 25.5 Å². The van der Waals surface area contributed by atoms with Crippen molar-refractivity contribution in [3.05, 3.63) is 0 Å². The summed E-state index contributed by atoms with van der Waals surface area (Å²) in [7, 11) is 1.65. The van der Waals surface area contributed by atoms with Gasteiger partial charge < -0.3 is 5.11 Å². The summed E-state index contributed by atoms with van der Waals surface area (Å²) in [6.07, 6.45) is 2.59. The zero-order valence-corrected chi connectivity index (χ0v) is 8.36. The second kappa shape index (κ2) is 5.74. The molecule has 5 heteroatoms. The van der Waals surface area contributed by atoms with Crippen LogP contribution in [0.3, 0.4) is 0 Å². The van der Waals surface area contributed by atoms with Crippen LogP contribution < -0.4 is 0 Å². The van der Waals surface area contributed by atoms with Gasteiger partial charge in [-0.15, -0.1) is 0 Å². The van der Waals surface area contributed by atoms with Crippen molar-refractivity contribution in [3.8, 4) is 0 Å². The van der Waals surface area contributed by atoms with Crippen LogP contribution in [-0.2, 0) is 4.79 Å². The molecule has 1 N–H and O–H groups in total. The lowest BCUT2D eigenvalue weighted by molar-refractivity contribution is -0.140. The average Bonchev–Trinajstić information content (AvgIpc) is 1.87. The lowest BCUT2D eigenvalue weighted by Crippen LogP contribution is -2.32. The van der Waals surface area contributed by atoms with Crippen LogP contribution in [0.15, 0.2) is 0 Å². The molecule has 0 saturated carbocycles. The first kappa shape index (κ1) is 11.1. The predicted octanol–water partition coefficient (Wildman–Crippen LogP) is 0.969. The van der Waals surface area contributed by atoms with Crippen molar-refractivity contribution >= 4 is 30.5 Å². The molecule has 0 aliphatic heterocycles. The molecule has 0 rings (SSSR count). The van der Waals surface area contributed by atoms with Gasteiger partial charge in [-0.1, -0.05) is 12.8 Å². The summed E-state index contributed by atoms with van der Waals surface area (Å²) in [6, 6.07) is -0.467. The highest BCUT2D eigenvalue weighted by Crippen LogP contribution is 2.08. The largest absolute Gasteiger partial charge is 0.480 e. The maximum Gasteiger partial charge on any atom is 0.321 e. The summed E-state index contributed by atoms with van der Waals surface area (Å²) in [5, 5.41) is 8.67. The number of nitrogens with zero attached hydrogens (tertiary/aromatic N) is 1. The third kappa shape index (κ3) is 4.55. The molecule has 0 aromatic carbocycles. The van der Waals surface area contributed by atoms with Gasteiger partial charge in [0.05, 0.1) is 0 Å². The Labute approximate surface area is 76.7 Å². The molecule has 66 valence electrons. The number of likely N-dealkylation sites (N-methyl/N-ethyl adjacent to an activating group) is 1. The van der Waals surface area contributed by atoms with Gasteiger partial charge in [-0.25, -0.2) is 4.31 Å². The molecule has 3 nitrogen and oxygen atoms in total. The van der Waals surface area contributed by atoms with E-state index in [-0.39, 0.29) is 0 Å². The highest BCUT2D eigenvalue weighted by Gasteiger charge is 2.19. The molecule has 11 heavy (non-hydrogen) atoms. The lowest BCUT2D eigenvalue weighted by atomic mass is 10.2. The van der Waals surface area contributed by atoms with Crippen LogP contribution in [0.2, 0.25) is 0 Å². The van der Waals surface area contributed by atoms with Crippen molar-refractivity contribution in [1.29, 1.82) is 0 Å². The minimum absolute atomic E-state index is 0.467. The van der Waals surface area contributed by atoms with Crippen molar-refractivity contribution in [3.63, 3.8) is 0 Å². The summed E-state index contributed by atoms with van der Waals surface area (Å²) in [5.41, 5.74) is 0. The summed E-state index contributed by atoms with van der Waals surface area (Å²) < 4.78 is 1.43. The molecular weight excluding hydrogens is 182 g/mol. The Morgan fingerprint density at radius 1 is 1.82 bits per heavy atom. The van der Waals surface area contributed by atoms with Gasteiger partial charge in [0.2, 0.25) is 0 Å². The summed E-state index contributed by atoms with van der Waals surface area (Å²) in [6.45, 7) is 0. The maximum atomic E-state index is 10.5. The van der Waals surface area contributed by atoms with E-state index in [4.69, 9.17) is 5.11 Å². The first-order valence-electron chi connectivity index (χ1n) is 3.23. The highest BCUT2D eigenvalue weighted by molar-refractivity contribution is 7.98. The number of carboxylic acids is 1. The molecule has 0 amide bonds. The quantitative estimate of drug-likeness (QED) is 0.641. The van der Waals surface area contributed by atoms with E-state index in [0.29, 0.717) is 6.42 Å². The average molecular weight is 195 g/mol. The van der Waals surface area contributed by atoms with Gasteiger partial charge in [0.25, 0.3) is 0 Å². The Kier molecular flexibility index (Phi) is 5.81. The van der Waals surface area contributed by atoms with Crippen LogP contribution in [0.4, 0.5) is 0 Å². The number of rotatable bonds is 5. The molecule has 0 bridgehead atoms. The Hall–Kier alpha value is 0.130. The van der Waals surface area contributed by atoms with Crippen LogP contribution in [0.1, 0.15) is 6.42 Å². The van der Waals surface area contributed by atoms with Gasteiger partial charge in [-0.2, -0.15) is 11.8 Å². The molecule has 0 heterocycles. The van der Waals surface area contributed by atoms with E-state index >= 15 is 0 Å². The second-order valence-electron chi connectivity index (χ2n) is 2.21. The lowest BCUT2D eigenvalue weighted by Gasteiger charge is -2.17. The Balaban J connectivity index is 3.80. The normalized spacial score (nSPS) is 13.5. The molecular formula is C6H13NO2S2. The summed E-state index contributed by atoms with van der Waals surface area (Å²) in [5.74, 6) is 0.0403. The molecule has 0 radical (unpaired) electrons. The zero-order chi connectivity index (χ0) is 8.85. The van der Waals surface area contributed by atoms with Gasteiger partial charge in [-0.3, -0.25) is 4.79 Å². The van der Waals surface area contributed by atoms with E-state index in [1.54, 1.807) is 18.8 Å². The molecule has 1 atom stereocenters. The van der Waals surface area contributed by atoms with E-state index in [1.165, 1.54) is 4.31 Å². The molecule has 0 spiro atoms. The van der Waals surface area contributed by atoms with Crippen molar-refractivity contribution in [2.75, 3.05) is 19.1 Å². The molecule has 0 fully saturated rings. The molecule has 0 aromatic heterocycles. The number of hydrogen-bond donors (Lipinski definition) is 2. The number of thioether (sulfide) groups is 1. The molecule has 0 saturated heterocycles. The number of aliphatic carboxylic acids is 1. The SMILES string of the molecule is CSCC[C@@H](C(=O)O)N(C)S. The monoisotopic (exact) mass is 195 g/mol. The van der Waals surface area contributed by atoms with E-state index in [0.717, 1.165) is 5.75 Å². The smallest absolute Gasteiger partial charge is 0.321 e. The Morgan fingerprint density at radius 3 is 2.64 bits per heavy atom. The van der Waals surface area contributed by atoms with Gasteiger partial charge in [0.1, 0.15) is 6.04 Å². The maximum absolute atomic E-state index is 10.5. The van der Waals surface area contributed by atoms with E-state index in [9.17, 15) is 4.79 Å². The summed E-state index contributed by atoms with van der Waals surface area (Å²) in [4.78, 5) is 10.5. The van der Waals surface area contributed by atoms with Crippen LogP contribution in [0.5, 0.6) is 0 Å². The van der Waals surface area contributed by atoms with E-state index in [1.807, 2.05) is 6.26 Å². The first-order valence-corrected chi connectivity index (χ1v) is 5.02. The van der Waals surface area contributed by atoms with Crippen LogP contribution in [0, 0.1) is 0 Å².